The van der Waals surface area contributed by atoms with Crippen molar-refractivity contribution in [2.24, 2.45) is 23.2 Å². The van der Waals surface area contributed by atoms with Gasteiger partial charge in [0.1, 0.15) is 0 Å². The van der Waals surface area contributed by atoms with Crippen LogP contribution in [0, 0.1) is 23.2 Å². The number of amides is 1. The van der Waals surface area contributed by atoms with E-state index in [0.29, 0.717) is 13.1 Å². The lowest BCUT2D eigenvalue weighted by molar-refractivity contribution is -0.157. The second kappa shape index (κ2) is 4.21. The number of carbonyl (C=O) groups is 1. The maximum Gasteiger partial charge on any atom is 0.228 e. The first kappa shape index (κ1) is 13.1. The van der Waals surface area contributed by atoms with Crippen molar-refractivity contribution >= 4 is 15.7 Å². The molecule has 0 spiro atoms. The lowest BCUT2D eigenvalue weighted by Gasteiger charge is -2.56. The molecule has 1 aliphatic heterocycles. The quantitative estimate of drug-likeness (QED) is 0.736. The van der Waals surface area contributed by atoms with E-state index in [1.165, 1.54) is 19.3 Å². The molecule has 20 heavy (non-hydrogen) atoms. The standard InChI is InChI=1S/C15H23NO3S/c17-14(16-1-3-20(18,19)4-2-16)15-8-11-5-12(9-15)7-13(6-11)10-15/h11-13H,1-10H2. The van der Waals surface area contributed by atoms with Gasteiger partial charge in [-0.05, 0) is 56.3 Å². The Morgan fingerprint density at radius 2 is 1.35 bits per heavy atom. The predicted molar refractivity (Wildman–Crippen MR) is 75.8 cm³/mol. The lowest BCUT2D eigenvalue weighted by atomic mass is 9.49. The number of carbonyl (C=O) groups excluding carboxylic acids is 1. The van der Waals surface area contributed by atoms with Gasteiger partial charge in [-0.2, -0.15) is 0 Å². The van der Waals surface area contributed by atoms with Crippen LogP contribution in [0.25, 0.3) is 0 Å². The van der Waals surface area contributed by atoms with Crippen LogP contribution >= 0.6 is 0 Å². The molecular weight excluding hydrogens is 274 g/mol. The molecule has 1 amide bonds. The summed E-state index contributed by atoms with van der Waals surface area (Å²) in [7, 11) is -2.90. The predicted octanol–water partition coefficient (Wildman–Crippen LogP) is 1.46. The number of hydrogen-bond donors (Lipinski definition) is 0. The third-order valence-corrected chi connectivity index (χ3v) is 7.73. The van der Waals surface area contributed by atoms with Crippen molar-refractivity contribution < 1.29 is 13.2 Å². The van der Waals surface area contributed by atoms with E-state index in [-0.39, 0.29) is 22.8 Å². The first-order valence-electron chi connectivity index (χ1n) is 7.96. The molecule has 1 heterocycles. The summed E-state index contributed by atoms with van der Waals surface area (Å²) in [5.74, 6) is 2.89. The zero-order valence-electron chi connectivity index (χ0n) is 11.9. The zero-order chi connectivity index (χ0) is 14.0. The average Bonchev–Trinajstić information content (AvgIpc) is 2.36. The summed E-state index contributed by atoms with van der Waals surface area (Å²) in [5.41, 5.74) is -0.115. The molecule has 0 radical (unpaired) electrons. The SMILES string of the molecule is O=C(N1CCS(=O)(=O)CC1)C12CC3CC(CC(C3)C1)C2. The molecule has 0 aromatic carbocycles. The summed E-state index contributed by atoms with van der Waals surface area (Å²) in [6.07, 6.45) is 7.21. The first-order chi connectivity index (χ1) is 9.46. The summed E-state index contributed by atoms with van der Waals surface area (Å²) in [4.78, 5) is 14.8. The highest BCUT2D eigenvalue weighted by Gasteiger charge is 2.55. The van der Waals surface area contributed by atoms with Gasteiger partial charge < -0.3 is 4.90 Å². The van der Waals surface area contributed by atoms with Gasteiger partial charge >= 0.3 is 0 Å². The third-order valence-electron chi connectivity index (χ3n) is 6.12. The Hall–Kier alpha value is -0.580. The van der Waals surface area contributed by atoms with Gasteiger partial charge in [0.2, 0.25) is 5.91 Å². The number of sulfone groups is 1. The molecule has 112 valence electrons. The molecule has 0 aromatic heterocycles. The molecular formula is C15H23NO3S. The molecule has 5 rings (SSSR count). The van der Waals surface area contributed by atoms with Crippen LogP contribution in [0.4, 0.5) is 0 Å². The molecule has 5 heteroatoms. The van der Waals surface area contributed by atoms with E-state index < -0.39 is 9.84 Å². The van der Waals surface area contributed by atoms with Crippen molar-refractivity contribution in [2.75, 3.05) is 24.6 Å². The van der Waals surface area contributed by atoms with Gasteiger partial charge in [0, 0.05) is 13.1 Å². The van der Waals surface area contributed by atoms with Crippen molar-refractivity contribution in [3.05, 3.63) is 0 Å². The smallest absolute Gasteiger partial charge is 0.228 e. The normalized spacial score (nSPS) is 45.6. The first-order valence-corrected chi connectivity index (χ1v) is 9.78. The highest BCUT2D eigenvalue weighted by Crippen LogP contribution is 2.60. The van der Waals surface area contributed by atoms with Gasteiger partial charge in [0.05, 0.1) is 16.9 Å². The van der Waals surface area contributed by atoms with Crippen LogP contribution < -0.4 is 0 Å². The largest absolute Gasteiger partial charge is 0.340 e. The second-order valence-corrected chi connectivity index (χ2v) is 9.95. The lowest BCUT2D eigenvalue weighted by Crippen LogP contribution is -2.56. The molecule has 0 atom stereocenters. The fraction of sp³-hybridized carbons (Fsp3) is 0.933. The van der Waals surface area contributed by atoms with Crippen molar-refractivity contribution in [1.82, 2.24) is 4.90 Å². The van der Waals surface area contributed by atoms with Gasteiger partial charge in [0.25, 0.3) is 0 Å². The summed E-state index contributed by atoms with van der Waals surface area (Å²) in [6.45, 7) is 0.839. The van der Waals surface area contributed by atoms with Gasteiger partial charge in [-0.15, -0.1) is 0 Å². The van der Waals surface area contributed by atoms with Crippen LogP contribution in [0.3, 0.4) is 0 Å². The molecule has 1 saturated heterocycles. The molecule has 0 N–H and O–H groups in total. The number of nitrogens with zero attached hydrogens (tertiary/aromatic N) is 1. The fourth-order valence-electron chi connectivity index (χ4n) is 5.62. The van der Waals surface area contributed by atoms with Crippen LogP contribution in [0.2, 0.25) is 0 Å². The summed E-state index contributed by atoms with van der Waals surface area (Å²) in [6, 6.07) is 0. The Bertz CT molecular complexity index is 490. The molecule has 0 unspecified atom stereocenters. The Morgan fingerprint density at radius 1 is 0.900 bits per heavy atom. The Kier molecular flexibility index (Phi) is 2.76. The summed E-state index contributed by atoms with van der Waals surface area (Å²) in [5, 5.41) is 0. The molecule has 5 aliphatic rings. The van der Waals surface area contributed by atoms with E-state index >= 15 is 0 Å². The van der Waals surface area contributed by atoms with Gasteiger partial charge in [-0.3, -0.25) is 4.79 Å². The van der Waals surface area contributed by atoms with Crippen LogP contribution in [-0.2, 0) is 14.6 Å². The molecule has 0 aromatic rings. The summed E-state index contributed by atoms with van der Waals surface area (Å²) < 4.78 is 23.1. The monoisotopic (exact) mass is 297 g/mol. The minimum Gasteiger partial charge on any atom is -0.340 e. The fourth-order valence-corrected chi connectivity index (χ4v) is 6.82. The molecule has 4 nitrogen and oxygen atoms in total. The molecule has 4 aliphatic carbocycles. The second-order valence-electron chi connectivity index (χ2n) is 7.64. The van der Waals surface area contributed by atoms with Crippen molar-refractivity contribution in [3.63, 3.8) is 0 Å². The zero-order valence-corrected chi connectivity index (χ0v) is 12.7. The van der Waals surface area contributed by atoms with Crippen LogP contribution in [-0.4, -0.2) is 43.8 Å². The number of hydrogen-bond acceptors (Lipinski definition) is 3. The Labute approximate surface area is 120 Å². The van der Waals surface area contributed by atoms with Crippen LogP contribution in [0.5, 0.6) is 0 Å². The van der Waals surface area contributed by atoms with Crippen molar-refractivity contribution in [3.8, 4) is 0 Å². The number of rotatable bonds is 1. The van der Waals surface area contributed by atoms with E-state index in [1.54, 1.807) is 0 Å². The van der Waals surface area contributed by atoms with Gasteiger partial charge in [0.15, 0.2) is 9.84 Å². The highest BCUT2D eigenvalue weighted by atomic mass is 32.2. The van der Waals surface area contributed by atoms with E-state index in [4.69, 9.17) is 0 Å². The minimum atomic E-state index is -2.90. The third kappa shape index (κ3) is 2.00. The summed E-state index contributed by atoms with van der Waals surface area (Å²) >= 11 is 0. The van der Waals surface area contributed by atoms with Gasteiger partial charge in [-0.1, -0.05) is 0 Å². The topological polar surface area (TPSA) is 54.5 Å². The van der Waals surface area contributed by atoms with E-state index in [1.807, 2.05) is 4.90 Å². The highest BCUT2D eigenvalue weighted by molar-refractivity contribution is 7.91. The van der Waals surface area contributed by atoms with Crippen LogP contribution in [0.15, 0.2) is 0 Å². The maximum atomic E-state index is 13.0. The van der Waals surface area contributed by atoms with E-state index in [2.05, 4.69) is 0 Å². The average molecular weight is 297 g/mol. The molecule has 4 bridgehead atoms. The Morgan fingerprint density at radius 3 is 1.80 bits per heavy atom. The van der Waals surface area contributed by atoms with Crippen molar-refractivity contribution in [1.29, 1.82) is 0 Å². The molecule has 5 fully saturated rings. The Balaban J connectivity index is 1.54. The molecule has 4 saturated carbocycles. The maximum absolute atomic E-state index is 13.0. The minimum absolute atomic E-state index is 0.115. The van der Waals surface area contributed by atoms with Crippen molar-refractivity contribution in [2.45, 2.75) is 38.5 Å². The van der Waals surface area contributed by atoms with Crippen LogP contribution in [0.1, 0.15) is 38.5 Å². The van der Waals surface area contributed by atoms with Gasteiger partial charge in [-0.25, -0.2) is 8.42 Å². The van der Waals surface area contributed by atoms with E-state index in [9.17, 15) is 13.2 Å². The van der Waals surface area contributed by atoms with E-state index in [0.717, 1.165) is 37.0 Å².